The number of fused-ring (bicyclic) bond motifs is 1. The number of carbonyl (C=O) groups is 3. The molecule has 10 heteroatoms. The highest BCUT2D eigenvalue weighted by Crippen LogP contribution is 2.31. The number of carbonyl (C=O) groups excluding carboxylic acids is 3. The van der Waals surface area contributed by atoms with Crippen molar-refractivity contribution in [1.82, 2.24) is 15.1 Å². The summed E-state index contributed by atoms with van der Waals surface area (Å²) < 4.78 is 5.47. The van der Waals surface area contributed by atoms with E-state index in [1.807, 2.05) is 48.2 Å². The van der Waals surface area contributed by atoms with Crippen molar-refractivity contribution in [3.63, 3.8) is 0 Å². The summed E-state index contributed by atoms with van der Waals surface area (Å²) in [6, 6.07) is 21.1. The summed E-state index contributed by atoms with van der Waals surface area (Å²) in [6.07, 6.45) is 3.13. The van der Waals surface area contributed by atoms with Crippen LogP contribution in [0.5, 0.6) is 5.75 Å². The minimum atomic E-state index is -0.670. The highest BCUT2D eigenvalue weighted by Gasteiger charge is 2.27. The first kappa shape index (κ1) is 31.8. The third kappa shape index (κ3) is 8.10. The van der Waals surface area contributed by atoms with Gasteiger partial charge in [0.25, 0.3) is 5.91 Å². The zero-order chi connectivity index (χ0) is 31.9. The van der Waals surface area contributed by atoms with E-state index in [4.69, 9.17) is 16.0 Å². The number of aryl methyl sites for hydroxylation is 1. The van der Waals surface area contributed by atoms with Gasteiger partial charge in [0.2, 0.25) is 11.8 Å². The summed E-state index contributed by atoms with van der Waals surface area (Å²) in [6.45, 7) is 4.40. The molecule has 3 amide bonds. The van der Waals surface area contributed by atoms with Crippen LogP contribution in [0.4, 0.5) is 0 Å². The molecular weight excluding hydrogens is 594 g/mol. The maximum Gasteiger partial charge on any atom is 0.287 e. The fraction of sp³-hybridized carbons (Fsp3) is 0.314. The Morgan fingerprint density at radius 1 is 0.978 bits per heavy atom. The van der Waals surface area contributed by atoms with Crippen LogP contribution in [0.3, 0.4) is 0 Å². The average Bonchev–Trinajstić information content (AvgIpc) is 3.45. The molecule has 0 unspecified atom stereocenters. The summed E-state index contributed by atoms with van der Waals surface area (Å²) in [5.41, 5.74) is 3.34. The number of likely N-dealkylation sites (tertiary alicyclic amines) is 2. The third-order valence-electron chi connectivity index (χ3n) is 8.22. The van der Waals surface area contributed by atoms with E-state index in [0.717, 1.165) is 36.9 Å². The number of phenols is 1. The minimum Gasteiger partial charge on any atom is -0.508 e. The number of hydrogen-bond donors (Lipinski definition) is 2. The number of nitrogens with zero attached hydrogens (tertiary/aromatic N) is 2. The van der Waals surface area contributed by atoms with E-state index < -0.39 is 11.3 Å². The van der Waals surface area contributed by atoms with E-state index >= 15 is 0 Å². The molecule has 0 spiro atoms. The van der Waals surface area contributed by atoms with Crippen LogP contribution < -0.4 is 10.7 Å². The molecule has 0 bridgehead atoms. The molecular formula is C35H36ClN3O6. The van der Waals surface area contributed by atoms with Gasteiger partial charge in [0.05, 0.1) is 11.9 Å². The number of benzene rings is 3. The van der Waals surface area contributed by atoms with Crippen molar-refractivity contribution >= 4 is 40.3 Å². The maximum absolute atomic E-state index is 12.8. The van der Waals surface area contributed by atoms with Crippen LogP contribution in [-0.2, 0) is 16.1 Å². The molecule has 0 saturated carbocycles. The number of hydrogen-bond acceptors (Lipinski definition) is 6. The molecule has 2 aliphatic rings. The molecule has 0 atom stereocenters. The molecule has 3 aromatic carbocycles. The number of halogens is 1. The highest BCUT2D eigenvalue weighted by atomic mass is 35.5. The zero-order valence-corrected chi connectivity index (χ0v) is 25.9. The Bertz CT molecular complexity index is 1720. The second-order valence-electron chi connectivity index (χ2n) is 11.4. The number of aromatic hydroxyl groups is 1. The normalized spacial score (nSPS) is 15.1. The highest BCUT2D eigenvalue weighted by molar-refractivity contribution is 6.30. The van der Waals surface area contributed by atoms with Crippen molar-refractivity contribution in [1.29, 1.82) is 0 Å². The summed E-state index contributed by atoms with van der Waals surface area (Å²) in [5, 5.41) is 13.2. The topological polar surface area (TPSA) is 120 Å². The molecule has 9 nitrogen and oxygen atoms in total. The summed E-state index contributed by atoms with van der Waals surface area (Å²) >= 11 is 5.61. The zero-order valence-electron chi connectivity index (χ0n) is 25.1. The summed E-state index contributed by atoms with van der Waals surface area (Å²) in [4.78, 5) is 53.3. The van der Waals surface area contributed by atoms with Crippen LogP contribution >= 0.6 is 11.6 Å². The van der Waals surface area contributed by atoms with Gasteiger partial charge in [0.15, 0.2) is 11.2 Å². The molecule has 3 heterocycles. The fourth-order valence-electron chi connectivity index (χ4n) is 5.74. The molecule has 2 N–H and O–H groups in total. The average molecular weight is 630 g/mol. The van der Waals surface area contributed by atoms with Crippen molar-refractivity contribution in [2.75, 3.05) is 26.2 Å². The molecule has 4 aromatic rings. The van der Waals surface area contributed by atoms with Crippen LogP contribution in [0.1, 0.15) is 58.8 Å². The predicted molar refractivity (Wildman–Crippen MR) is 172 cm³/mol. The van der Waals surface area contributed by atoms with Crippen molar-refractivity contribution < 1.29 is 23.9 Å². The van der Waals surface area contributed by atoms with E-state index in [0.29, 0.717) is 32.0 Å². The maximum atomic E-state index is 12.8. The molecule has 1 aromatic heterocycles. The van der Waals surface area contributed by atoms with Gasteiger partial charge < -0.3 is 24.6 Å². The van der Waals surface area contributed by atoms with Gasteiger partial charge in [-0.1, -0.05) is 53.6 Å². The van der Waals surface area contributed by atoms with Crippen molar-refractivity contribution in [2.45, 2.75) is 45.1 Å². The molecule has 45 heavy (non-hydrogen) atoms. The van der Waals surface area contributed by atoms with Gasteiger partial charge in [-0.05, 0) is 67.5 Å². The first-order valence-corrected chi connectivity index (χ1v) is 15.5. The van der Waals surface area contributed by atoms with Gasteiger partial charge in [-0.3, -0.25) is 19.2 Å². The van der Waals surface area contributed by atoms with Gasteiger partial charge in [-0.15, -0.1) is 0 Å². The lowest BCUT2D eigenvalue weighted by atomic mass is 9.86. The van der Waals surface area contributed by atoms with Crippen LogP contribution in [-0.4, -0.2) is 58.8 Å². The molecule has 234 valence electrons. The van der Waals surface area contributed by atoms with E-state index in [1.165, 1.54) is 34.9 Å². The van der Waals surface area contributed by atoms with Crippen LogP contribution in [0, 0.1) is 6.92 Å². The Hall–Kier alpha value is -4.63. The molecule has 2 saturated heterocycles. The number of rotatable bonds is 6. The lowest BCUT2D eigenvalue weighted by molar-refractivity contribution is -0.131. The van der Waals surface area contributed by atoms with Gasteiger partial charge in [0.1, 0.15) is 11.3 Å². The van der Waals surface area contributed by atoms with E-state index in [-0.39, 0.29) is 40.8 Å². The first-order chi connectivity index (χ1) is 21.7. The first-order valence-electron chi connectivity index (χ1n) is 15.1. The Kier molecular flexibility index (Phi) is 10.2. The smallest absolute Gasteiger partial charge is 0.287 e. The lowest BCUT2D eigenvalue weighted by Crippen LogP contribution is -2.44. The van der Waals surface area contributed by atoms with Gasteiger partial charge >= 0.3 is 0 Å². The molecule has 0 aliphatic carbocycles. The Balaban J connectivity index is 0.000000436. The Morgan fingerprint density at radius 2 is 1.71 bits per heavy atom. The monoisotopic (exact) mass is 629 g/mol. The molecule has 2 aliphatic heterocycles. The van der Waals surface area contributed by atoms with Crippen molar-refractivity contribution in [3.05, 3.63) is 110 Å². The van der Waals surface area contributed by atoms with Crippen molar-refractivity contribution in [2.24, 2.45) is 0 Å². The number of amides is 3. The van der Waals surface area contributed by atoms with Crippen molar-refractivity contribution in [3.8, 4) is 5.75 Å². The van der Waals surface area contributed by atoms with Crippen LogP contribution in [0.15, 0.2) is 82.0 Å². The standard InChI is InChI=1S/C28H29N3O6.C7H7Cl/c32-20-7-8-22-23(33)15-25(37-24(22)14-20)28(36)29-16-27(35)30-12-9-18(10-13-30)21-5-2-1-4-19(21)17-31-11-3-6-26(31)34;1-6-2-4-7(8)5-3-6/h1-2,4-5,7-8,14-15,18,32H,3,6,9-13,16-17H2,(H,29,36);2-5H,1H3. The molecule has 2 fully saturated rings. The van der Waals surface area contributed by atoms with E-state index in [2.05, 4.69) is 17.4 Å². The van der Waals surface area contributed by atoms with Crippen LogP contribution in [0.2, 0.25) is 5.02 Å². The predicted octanol–water partition coefficient (Wildman–Crippen LogP) is 5.41. The summed E-state index contributed by atoms with van der Waals surface area (Å²) in [5.74, 6) is -0.671. The second-order valence-corrected chi connectivity index (χ2v) is 11.8. The SMILES string of the molecule is Cc1ccc(Cl)cc1.O=C(NCC(=O)N1CCC(c2ccccc2CN2CCCC2=O)CC1)c1cc(=O)c2ccc(O)cc2o1. The minimum absolute atomic E-state index is 0.0843. The van der Waals surface area contributed by atoms with Gasteiger partial charge in [-0.25, -0.2) is 0 Å². The quantitative estimate of drug-likeness (QED) is 0.295. The van der Waals surface area contributed by atoms with Gasteiger partial charge in [-0.2, -0.15) is 0 Å². The fourth-order valence-corrected chi connectivity index (χ4v) is 5.86. The van der Waals surface area contributed by atoms with E-state index in [1.54, 1.807) is 4.90 Å². The lowest BCUT2D eigenvalue weighted by Gasteiger charge is -2.33. The largest absolute Gasteiger partial charge is 0.508 e. The number of phenolic OH excluding ortho intramolecular Hbond substituents is 1. The Morgan fingerprint density at radius 3 is 2.40 bits per heavy atom. The number of nitrogens with one attached hydrogen (secondary N) is 1. The number of piperidine rings is 1. The van der Waals surface area contributed by atoms with E-state index in [9.17, 15) is 24.3 Å². The Labute approximate surface area is 266 Å². The summed E-state index contributed by atoms with van der Waals surface area (Å²) in [7, 11) is 0. The van der Waals surface area contributed by atoms with Crippen LogP contribution in [0.25, 0.3) is 11.0 Å². The molecule has 6 rings (SSSR count). The van der Waals surface area contributed by atoms with Gasteiger partial charge in [0, 0.05) is 49.8 Å². The second kappa shape index (κ2) is 14.4. The third-order valence-corrected chi connectivity index (χ3v) is 8.47. The molecule has 0 radical (unpaired) electrons.